The number of hydrogen-bond donors (Lipinski definition) is 1. The fraction of sp³-hybridized carbons (Fsp3) is 0.333. The molecule has 1 heterocycles. The van der Waals surface area contributed by atoms with Crippen molar-refractivity contribution >= 4 is 27.5 Å². The summed E-state index contributed by atoms with van der Waals surface area (Å²) in [5.41, 5.74) is 1.84. The number of imide groups is 1. The van der Waals surface area contributed by atoms with Crippen LogP contribution in [-0.4, -0.2) is 31.2 Å². The minimum atomic E-state index is -3.77. The third kappa shape index (κ3) is 3.30. The van der Waals surface area contributed by atoms with Crippen molar-refractivity contribution in [3.63, 3.8) is 0 Å². The maximum absolute atomic E-state index is 12.9. The zero-order valence-corrected chi connectivity index (χ0v) is 16.5. The molecule has 0 aromatic heterocycles. The van der Waals surface area contributed by atoms with Gasteiger partial charge in [-0.25, -0.2) is 8.42 Å². The highest BCUT2D eigenvalue weighted by atomic mass is 32.2. The molecule has 28 heavy (non-hydrogen) atoms. The second-order valence-corrected chi connectivity index (χ2v) is 9.13. The quantitative estimate of drug-likeness (QED) is 0.796. The summed E-state index contributed by atoms with van der Waals surface area (Å²) in [5.74, 6) is -0.608. The third-order valence-electron chi connectivity index (χ3n) is 5.44. The summed E-state index contributed by atoms with van der Waals surface area (Å²) in [7, 11) is -3.77. The normalized spacial score (nSPS) is 17.7. The minimum absolute atomic E-state index is 0.0612. The van der Waals surface area contributed by atoms with Gasteiger partial charge in [-0.05, 0) is 50.1 Å². The van der Waals surface area contributed by atoms with E-state index in [-0.39, 0.29) is 34.0 Å². The van der Waals surface area contributed by atoms with Crippen LogP contribution in [-0.2, 0) is 10.0 Å². The van der Waals surface area contributed by atoms with Crippen LogP contribution >= 0.6 is 0 Å². The lowest BCUT2D eigenvalue weighted by Crippen LogP contribution is -2.40. The molecule has 4 rings (SSSR count). The Morgan fingerprint density at radius 1 is 0.893 bits per heavy atom. The maximum atomic E-state index is 12.9. The number of benzene rings is 2. The van der Waals surface area contributed by atoms with Gasteiger partial charge in [0.15, 0.2) is 0 Å². The van der Waals surface area contributed by atoms with Crippen LogP contribution in [0.2, 0.25) is 0 Å². The molecule has 2 amide bonds. The number of hydrogen-bond acceptors (Lipinski definition) is 4. The van der Waals surface area contributed by atoms with Crippen LogP contribution < -0.4 is 4.72 Å². The molecule has 146 valence electrons. The van der Waals surface area contributed by atoms with Crippen LogP contribution in [0.1, 0.15) is 58.4 Å². The van der Waals surface area contributed by atoms with Gasteiger partial charge in [0.2, 0.25) is 0 Å². The number of carbonyl (C=O) groups excluding carboxylic acids is 2. The van der Waals surface area contributed by atoms with E-state index in [1.165, 1.54) is 35.2 Å². The average Bonchev–Trinajstić information content (AvgIpc) is 2.92. The van der Waals surface area contributed by atoms with Crippen LogP contribution in [0.5, 0.6) is 0 Å². The summed E-state index contributed by atoms with van der Waals surface area (Å²) >= 11 is 0. The van der Waals surface area contributed by atoms with E-state index in [1.807, 2.05) is 6.92 Å². The summed E-state index contributed by atoms with van der Waals surface area (Å²) in [6.45, 7) is 1.88. The fourth-order valence-corrected chi connectivity index (χ4v) is 4.97. The van der Waals surface area contributed by atoms with Gasteiger partial charge in [-0.3, -0.25) is 19.2 Å². The number of anilines is 1. The first-order chi connectivity index (χ1) is 13.4. The molecule has 6 nitrogen and oxygen atoms in total. The first-order valence-electron chi connectivity index (χ1n) is 9.48. The SMILES string of the molecule is Cc1ccc(S(=O)(=O)Nc2ccc3c(c2)C(=O)N(C2CCCCC2)C3=O)cc1. The van der Waals surface area contributed by atoms with Crippen molar-refractivity contribution in [1.82, 2.24) is 4.90 Å². The fourth-order valence-electron chi connectivity index (χ4n) is 3.93. The van der Waals surface area contributed by atoms with Crippen molar-refractivity contribution in [1.29, 1.82) is 0 Å². The molecule has 2 aromatic carbocycles. The Kier molecular flexibility index (Phi) is 4.71. The predicted molar refractivity (Wildman–Crippen MR) is 106 cm³/mol. The number of nitrogens with one attached hydrogen (secondary N) is 1. The van der Waals surface area contributed by atoms with E-state index in [4.69, 9.17) is 0 Å². The molecule has 1 aliphatic carbocycles. The molecule has 1 aliphatic heterocycles. The maximum Gasteiger partial charge on any atom is 0.261 e. The highest BCUT2D eigenvalue weighted by molar-refractivity contribution is 7.92. The molecule has 0 spiro atoms. The highest BCUT2D eigenvalue weighted by Crippen LogP contribution is 2.32. The number of rotatable bonds is 4. The van der Waals surface area contributed by atoms with Crippen LogP contribution in [0.3, 0.4) is 0 Å². The Labute approximate surface area is 164 Å². The van der Waals surface area contributed by atoms with E-state index in [0.29, 0.717) is 5.56 Å². The number of aryl methyl sites for hydroxylation is 1. The zero-order chi connectivity index (χ0) is 19.9. The molecule has 1 fully saturated rings. The van der Waals surface area contributed by atoms with Crippen molar-refractivity contribution in [2.75, 3.05) is 4.72 Å². The molecular weight excluding hydrogens is 376 g/mol. The van der Waals surface area contributed by atoms with Gasteiger partial charge in [0.25, 0.3) is 21.8 Å². The Morgan fingerprint density at radius 3 is 2.21 bits per heavy atom. The number of nitrogens with zero attached hydrogens (tertiary/aromatic N) is 1. The Morgan fingerprint density at radius 2 is 1.54 bits per heavy atom. The summed E-state index contributed by atoms with van der Waals surface area (Å²) in [6.07, 6.45) is 4.82. The third-order valence-corrected chi connectivity index (χ3v) is 6.84. The van der Waals surface area contributed by atoms with E-state index in [9.17, 15) is 18.0 Å². The van der Waals surface area contributed by atoms with Gasteiger partial charge < -0.3 is 0 Å². The summed E-state index contributed by atoms with van der Waals surface area (Å²) in [4.78, 5) is 27.1. The van der Waals surface area contributed by atoms with Crippen LogP contribution in [0.25, 0.3) is 0 Å². The molecule has 2 aliphatic rings. The van der Waals surface area contributed by atoms with E-state index >= 15 is 0 Å². The largest absolute Gasteiger partial charge is 0.280 e. The second-order valence-electron chi connectivity index (χ2n) is 7.45. The van der Waals surface area contributed by atoms with Crippen molar-refractivity contribution < 1.29 is 18.0 Å². The van der Waals surface area contributed by atoms with Crippen molar-refractivity contribution in [3.8, 4) is 0 Å². The van der Waals surface area contributed by atoms with Gasteiger partial charge in [-0.2, -0.15) is 0 Å². The molecule has 0 bridgehead atoms. The van der Waals surface area contributed by atoms with E-state index in [0.717, 1.165) is 37.7 Å². The van der Waals surface area contributed by atoms with Crippen LogP contribution in [0.15, 0.2) is 47.4 Å². The summed E-state index contributed by atoms with van der Waals surface area (Å²) < 4.78 is 27.7. The molecule has 0 saturated heterocycles. The lowest BCUT2D eigenvalue weighted by atomic mass is 9.94. The van der Waals surface area contributed by atoms with Gasteiger partial charge in [-0.1, -0.05) is 37.0 Å². The molecule has 1 N–H and O–H groups in total. The van der Waals surface area contributed by atoms with Gasteiger partial charge in [-0.15, -0.1) is 0 Å². The number of carbonyl (C=O) groups is 2. The molecule has 0 radical (unpaired) electrons. The Hall–Kier alpha value is -2.67. The number of sulfonamides is 1. The van der Waals surface area contributed by atoms with Gasteiger partial charge in [0.05, 0.1) is 16.0 Å². The Bertz CT molecular complexity index is 1040. The number of fused-ring (bicyclic) bond motifs is 1. The molecule has 0 unspecified atom stereocenters. The molecular formula is C21H22N2O4S. The summed E-state index contributed by atoms with van der Waals surface area (Å²) in [5, 5.41) is 0. The van der Waals surface area contributed by atoms with Gasteiger partial charge >= 0.3 is 0 Å². The predicted octanol–water partition coefficient (Wildman–Crippen LogP) is 3.72. The topological polar surface area (TPSA) is 83.6 Å². The smallest absolute Gasteiger partial charge is 0.261 e. The van der Waals surface area contributed by atoms with E-state index in [1.54, 1.807) is 12.1 Å². The second kappa shape index (κ2) is 7.05. The lowest BCUT2D eigenvalue weighted by molar-refractivity contribution is 0.0549. The molecule has 1 saturated carbocycles. The first kappa shape index (κ1) is 18.7. The summed E-state index contributed by atoms with van der Waals surface area (Å²) in [6, 6.07) is 11.0. The van der Waals surface area contributed by atoms with Crippen molar-refractivity contribution in [3.05, 3.63) is 59.2 Å². The van der Waals surface area contributed by atoms with Crippen molar-refractivity contribution in [2.45, 2.75) is 50.0 Å². The van der Waals surface area contributed by atoms with Gasteiger partial charge in [0.1, 0.15) is 0 Å². The lowest BCUT2D eigenvalue weighted by Gasteiger charge is -2.29. The van der Waals surface area contributed by atoms with Crippen LogP contribution in [0.4, 0.5) is 5.69 Å². The highest BCUT2D eigenvalue weighted by Gasteiger charge is 2.40. The van der Waals surface area contributed by atoms with E-state index < -0.39 is 10.0 Å². The molecule has 7 heteroatoms. The van der Waals surface area contributed by atoms with Crippen molar-refractivity contribution in [2.24, 2.45) is 0 Å². The number of amides is 2. The minimum Gasteiger partial charge on any atom is -0.280 e. The zero-order valence-electron chi connectivity index (χ0n) is 15.6. The van der Waals surface area contributed by atoms with E-state index in [2.05, 4.69) is 4.72 Å². The average molecular weight is 398 g/mol. The van der Waals surface area contributed by atoms with Gasteiger partial charge in [0, 0.05) is 11.7 Å². The van der Waals surface area contributed by atoms with Crippen LogP contribution in [0, 0.1) is 6.92 Å². The molecule has 0 atom stereocenters. The monoisotopic (exact) mass is 398 g/mol. The Balaban J connectivity index is 1.60. The first-order valence-corrected chi connectivity index (χ1v) is 11.0. The standard InChI is InChI=1S/C21H22N2O4S/c1-14-7-10-17(11-8-14)28(26,27)22-15-9-12-18-19(13-15)21(25)23(20(18)24)16-5-3-2-4-6-16/h7-13,16,22H,2-6H2,1H3. The molecule has 2 aromatic rings.